The van der Waals surface area contributed by atoms with Gasteiger partial charge < -0.3 is 11.1 Å². The van der Waals surface area contributed by atoms with Crippen molar-refractivity contribution in [3.8, 4) is 0 Å². The molecule has 1 aliphatic heterocycles. The minimum atomic E-state index is 0.611. The Balaban J connectivity index is 2.01. The van der Waals surface area contributed by atoms with Crippen LogP contribution in [0.2, 0.25) is 0 Å². The van der Waals surface area contributed by atoms with Crippen molar-refractivity contribution in [3.63, 3.8) is 0 Å². The number of nitrogen functional groups attached to an aromatic ring is 1. The van der Waals surface area contributed by atoms with Gasteiger partial charge in [-0.3, -0.25) is 4.90 Å². The summed E-state index contributed by atoms with van der Waals surface area (Å²) in [7, 11) is 0. The van der Waals surface area contributed by atoms with Crippen molar-refractivity contribution in [1.82, 2.24) is 10.2 Å². The van der Waals surface area contributed by atoms with Crippen molar-refractivity contribution in [2.45, 2.75) is 19.5 Å². The van der Waals surface area contributed by atoms with Gasteiger partial charge in [-0.15, -0.1) is 0 Å². The van der Waals surface area contributed by atoms with Crippen LogP contribution in [0.15, 0.2) is 24.3 Å². The summed E-state index contributed by atoms with van der Waals surface area (Å²) < 4.78 is 0. The van der Waals surface area contributed by atoms with Gasteiger partial charge in [0, 0.05) is 37.9 Å². The van der Waals surface area contributed by atoms with Gasteiger partial charge in [0.25, 0.3) is 0 Å². The Morgan fingerprint density at radius 1 is 1.53 bits per heavy atom. The fourth-order valence-electron chi connectivity index (χ4n) is 2.04. The summed E-state index contributed by atoms with van der Waals surface area (Å²) in [5, 5.41) is 3.40. The Kier molecular flexibility index (Phi) is 3.23. The van der Waals surface area contributed by atoms with Crippen molar-refractivity contribution in [2.24, 2.45) is 0 Å². The molecule has 0 radical (unpaired) electrons. The lowest BCUT2D eigenvalue weighted by Gasteiger charge is -2.33. The molecule has 3 N–H and O–H groups in total. The van der Waals surface area contributed by atoms with E-state index in [1.807, 2.05) is 12.1 Å². The molecule has 82 valence electrons. The van der Waals surface area contributed by atoms with Crippen LogP contribution in [0.3, 0.4) is 0 Å². The van der Waals surface area contributed by atoms with Gasteiger partial charge in [0.2, 0.25) is 0 Å². The number of nitrogens with one attached hydrogen (secondary N) is 1. The first-order valence-electron chi connectivity index (χ1n) is 5.55. The van der Waals surface area contributed by atoms with Crippen molar-refractivity contribution in [3.05, 3.63) is 29.8 Å². The fourth-order valence-corrected chi connectivity index (χ4v) is 2.04. The van der Waals surface area contributed by atoms with Crippen LogP contribution in [0.5, 0.6) is 0 Å². The van der Waals surface area contributed by atoms with Gasteiger partial charge in [-0.05, 0) is 24.6 Å². The highest BCUT2D eigenvalue weighted by Gasteiger charge is 2.17. The molecule has 1 fully saturated rings. The lowest BCUT2D eigenvalue weighted by molar-refractivity contribution is 0.165. The van der Waals surface area contributed by atoms with E-state index in [1.54, 1.807) is 0 Å². The minimum absolute atomic E-state index is 0.611. The molecule has 0 aliphatic carbocycles. The van der Waals surface area contributed by atoms with Gasteiger partial charge in [-0.2, -0.15) is 0 Å². The zero-order chi connectivity index (χ0) is 10.7. The maximum atomic E-state index is 5.77. The Bertz CT molecular complexity index is 324. The average molecular weight is 205 g/mol. The predicted molar refractivity (Wildman–Crippen MR) is 63.6 cm³/mol. The van der Waals surface area contributed by atoms with Gasteiger partial charge >= 0.3 is 0 Å². The number of nitrogens with two attached hydrogens (primary N) is 1. The molecule has 0 aromatic heterocycles. The van der Waals surface area contributed by atoms with Crippen LogP contribution in [-0.2, 0) is 6.54 Å². The standard InChI is InChI=1S/C12H19N3/c1-10-8-14-5-6-15(10)9-11-3-2-4-12(13)7-11/h2-4,7,10,14H,5-6,8-9,13H2,1H3/t10-/m0/s1. The third-order valence-corrected chi connectivity index (χ3v) is 2.98. The normalized spacial score (nSPS) is 22.9. The number of hydrogen-bond donors (Lipinski definition) is 2. The predicted octanol–water partition coefficient (Wildman–Crippen LogP) is 1.06. The van der Waals surface area contributed by atoms with Crippen LogP contribution >= 0.6 is 0 Å². The number of piperazine rings is 1. The molecule has 0 amide bonds. The van der Waals surface area contributed by atoms with Crippen LogP contribution in [-0.4, -0.2) is 30.6 Å². The summed E-state index contributed by atoms with van der Waals surface area (Å²) in [5.74, 6) is 0. The molecule has 1 atom stereocenters. The monoisotopic (exact) mass is 205 g/mol. The minimum Gasteiger partial charge on any atom is -0.399 e. The average Bonchev–Trinajstić information content (AvgIpc) is 2.22. The summed E-state index contributed by atoms with van der Waals surface area (Å²) in [6, 6.07) is 8.78. The first kappa shape index (κ1) is 10.5. The lowest BCUT2D eigenvalue weighted by Crippen LogP contribution is -2.49. The van der Waals surface area contributed by atoms with Crippen molar-refractivity contribution in [2.75, 3.05) is 25.4 Å². The van der Waals surface area contributed by atoms with E-state index in [1.165, 1.54) is 5.56 Å². The first-order valence-corrected chi connectivity index (χ1v) is 5.55. The zero-order valence-electron chi connectivity index (χ0n) is 9.24. The molecular weight excluding hydrogens is 186 g/mol. The number of anilines is 1. The molecule has 1 saturated heterocycles. The van der Waals surface area contributed by atoms with Crippen LogP contribution in [0.4, 0.5) is 5.69 Å². The molecule has 0 spiro atoms. The highest BCUT2D eigenvalue weighted by molar-refractivity contribution is 5.40. The molecule has 1 aromatic carbocycles. The van der Waals surface area contributed by atoms with E-state index >= 15 is 0 Å². The van der Waals surface area contributed by atoms with E-state index in [0.717, 1.165) is 31.9 Å². The van der Waals surface area contributed by atoms with Crippen LogP contribution < -0.4 is 11.1 Å². The Morgan fingerprint density at radius 2 is 2.40 bits per heavy atom. The molecule has 15 heavy (non-hydrogen) atoms. The van der Waals surface area contributed by atoms with Crippen molar-refractivity contribution >= 4 is 5.69 Å². The largest absolute Gasteiger partial charge is 0.399 e. The lowest BCUT2D eigenvalue weighted by atomic mass is 10.1. The Morgan fingerprint density at radius 3 is 3.13 bits per heavy atom. The maximum Gasteiger partial charge on any atom is 0.0317 e. The molecular formula is C12H19N3. The Labute approximate surface area is 91.3 Å². The van der Waals surface area contributed by atoms with Gasteiger partial charge in [0.1, 0.15) is 0 Å². The molecule has 0 bridgehead atoms. The van der Waals surface area contributed by atoms with E-state index in [-0.39, 0.29) is 0 Å². The van der Waals surface area contributed by atoms with Gasteiger partial charge in [-0.1, -0.05) is 12.1 Å². The van der Waals surface area contributed by atoms with E-state index in [2.05, 4.69) is 29.3 Å². The van der Waals surface area contributed by atoms with E-state index in [9.17, 15) is 0 Å². The molecule has 3 nitrogen and oxygen atoms in total. The summed E-state index contributed by atoms with van der Waals surface area (Å²) in [6.07, 6.45) is 0. The number of benzene rings is 1. The molecule has 0 saturated carbocycles. The highest BCUT2D eigenvalue weighted by atomic mass is 15.2. The van der Waals surface area contributed by atoms with E-state index in [4.69, 9.17) is 5.73 Å². The van der Waals surface area contributed by atoms with Crippen molar-refractivity contribution in [1.29, 1.82) is 0 Å². The van der Waals surface area contributed by atoms with Crippen molar-refractivity contribution < 1.29 is 0 Å². The van der Waals surface area contributed by atoms with Crippen LogP contribution in [0.25, 0.3) is 0 Å². The summed E-state index contributed by atoms with van der Waals surface area (Å²) in [6.45, 7) is 6.57. The second-order valence-electron chi connectivity index (χ2n) is 4.27. The smallest absolute Gasteiger partial charge is 0.0317 e. The van der Waals surface area contributed by atoms with Crippen LogP contribution in [0, 0.1) is 0 Å². The summed E-state index contributed by atoms with van der Waals surface area (Å²) in [4.78, 5) is 2.49. The number of rotatable bonds is 2. The highest BCUT2D eigenvalue weighted by Crippen LogP contribution is 2.12. The molecule has 0 unspecified atom stereocenters. The molecule has 1 aromatic rings. The molecule has 2 rings (SSSR count). The van der Waals surface area contributed by atoms with Gasteiger partial charge in [-0.25, -0.2) is 0 Å². The third kappa shape index (κ3) is 2.70. The number of hydrogen-bond acceptors (Lipinski definition) is 3. The topological polar surface area (TPSA) is 41.3 Å². The molecule has 1 heterocycles. The van der Waals surface area contributed by atoms with Gasteiger partial charge in [0.05, 0.1) is 0 Å². The van der Waals surface area contributed by atoms with E-state index < -0.39 is 0 Å². The second-order valence-corrected chi connectivity index (χ2v) is 4.27. The first-order chi connectivity index (χ1) is 7.25. The van der Waals surface area contributed by atoms with E-state index in [0.29, 0.717) is 6.04 Å². The fraction of sp³-hybridized carbons (Fsp3) is 0.500. The Hall–Kier alpha value is -1.06. The summed E-state index contributed by atoms with van der Waals surface area (Å²) >= 11 is 0. The second kappa shape index (κ2) is 4.64. The van der Waals surface area contributed by atoms with Gasteiger partial charge in [0.15, 0.2) is 0 Å². The summed E-state index contributed by atoms with van der Waals surface area (Å²) in [5.41, 5.74) is 7.93. The third-order valence-electron chi connectivity index (χ3n) is 2.98. The van der Waals surface area contributed by atoms with Crippen LogP contribution in [0.1, 0.15) is 12.5 Å². The molecule has 1 aliphatic rings. The SMILES string of the molecule is C[C@H]1CNCCN1Cc1cccc(N)c1. The number of nitrogens with zero attached hydrogens (tertiary/aromatic N) is 1. The quantitative estimate of drug-likeness (QED) is 0.709. The zero-order valence-corrected chi connectivity index (χ0v) is 9.24. The molecule has 3 heteroatoms. The maximum absolute atomic E-state index is 5.77.